The molecule has 0 unspecified atom stereocenters. The van der Waals surface area contributed by atoms with Gasteiger partial charge >= 0.3 is 0 Å². The van der Waals surface area contributed by atoms with Crippen LogP contribution in [0.25, 0.3) is 0 Å². The van der Waals surface area contributed by atoms with Gasteiger partial charge in [-0.15, -0.1) is 0 Å². The van der Waals surface area contributed by atoms with Crippen LogP contribution in [0.5, 0.6) is 5.75 Å². The Bertz CT molecular complexity index is 685. The van der Waals surface area contributed by atoms with Crippen LogP contribution in [-0.2, 0) is 4.79 Å². The predicted octanol–water partition coefficient (Wildman–Crippen LogP) is 4.05. The summed E-state index contributed by atoms with van der Waals surface area (Å²) < 4.78 is 7.40. The van der Waals surface area contributed by atoms with Crippen LogP contribution in [0.2, 0.25) is 0 Å². The third-order valence-electron chi connectivity index (χ3n) is 2.77. The summed E-state index contributed by atoms with van der Waals surface area (Å²) >= 11 is 6.77. The zero-order valence-electron chi connectivity index (χ0n) is 11.8. The van der Waals surface area contributed by atoms with Crippen molar-refractivity contribution < 1.29 is 9.53 Å². The number of carbonyl (C=O) groups excluding carboxylic acids is 1. The molecule has 0 fully saturated rings. The molecular weight excluding hydrogens is 412 g/mol. The van der Waals surface area contributed by atoms with Crippen molar-refractivity contribution in [2.24, 2.45) is 5.10 Å². The van der Waals surface area contributed by atoms with Crippen LogP contribution in [0.1, 0.15) is 11.1 Å². The molecule has 2 aromatic carbocycles. The van der Waals surface area contributed by atoms with Gasteiger partial charge in [0.25, 0.3) is 5.91 Å². The van der Waals surface area contributed by atoms with Gasteiger partial charge in [0.2, 0.25) is 0 Å². The number of rotatable bonds is 5. The summed E-state index contributed by atoms with van der Waals surface area (Å²) in [4.78, 5) is 11.6. The van der Waals surface area contributed by atoms with E-state index in [9.17, 15) is 4.79 Å². The summed E-state index contributed by atoms with van der Waals surface area (Å²) in [6, 6.07) is 13.1. The van der Waals surface area contributed by atoms with E-state index in [4.69, 9.17) is 4.74 Å². The van der Waals surface area contributed by atoms with Crippen molar-refractivity contribution in [3.63, 3.8) is 0 Å². The Labute approximate surface area is 145 Å². The first kappa shape index (κ1) is 16.7. The molecule has 0 aliphatic carbocycles. The van der Waals surface area contributed by atoms with Crippen molar-refractivity contribution in [2.75, 3.05) is 6.61 Å². The summed E-state index contributed by atoms with van der Waals surface area (Å²) in [5, 5.41) is 3.89. The molecule has 2 aromatic rings. The zero-order chi connectivity index (χ0) is 15.9. The van der Waals surface area contributed by atoms with Crippen molar-refractivity contribution in [3.05, 3.63) is 62.5 Å². The van der Waals surface area contributed by atoms with Crippen molar-refractivity contribution in [1.29, 1.82) is 0 Å². The van der Waals surface area contributed by atoms with Gasteiger partial charge in [-0.3, -0.25) is 4.79 Å². The number of hydrogen-bond acceptors (Lipinski definition) is 3. The predicted molar refractivity (Wildman–Crippen MR) is 94.3 cm³/mol. The van der Waals surface area contributed by atoms with E-state index in [0.29, 0.717) is 5.75 Å². The van der Waals surface area contributed by atoms with Gasteiger partial charge in [-0.2, -0.15) is 5.10 Å². The summed E-state index contributed by atoms with van der Waals surface area (Å²) in [5.41, 5.74) is 4.37. The maximum Gasteiger partial charge on any atom is 0.277 e. The highest BCUT2D eigenvalue weighted by atomic mass is 79.9. The number of hydrazone groups is 1. The summed E-state index contributed by atoms with van der Waals surface area (Å²) in [6.45, 7) is 1.87. The SMILES string of the molecule is Cc1cc(OCC(=O)N/N=C/c2ccc(Br)cc2)ccc1Br. The number of benzene rings is 2. The highest BCUT2D eigenvalue weighted by Crippen LogP contribution is 2.21. The van der Waals surface area contributed by atoms with E-state index < -0.39 is 0 Å². The zero-order valence-corrected chi connectivity index (χ0v) is 15.0. The van der Waals surface area contributed by atoms with Crippen LogP contribution in [-0.4, -0.2) is 18.7 Å². The number of nitrogens with zero attached hydrogens (tertiary/aromatic N) is 1. The molecule has 0 bridgehead atoms. The van der Waals surface area contributed by atoms with Crippen molar-refractivity contribution in [1.82, 2.24) is 5.43 Å². The lowest BCUT2D eigenvalue weighted by Gasteiger charge is -2.06. The molecule has 0 aliphatic heterocycles. The van der Waals surface area contributed by atoms with Crippen LogP contribution in [0.15, 0.2) is 56.5 Å². The molecule has 0 saturated heterocycles. The lowest BCUT2D eigenvalue weighted by Crippen LogP contribution is -2.24. The van der Waals surface area contributed by atoms with Gasteiger partial charge in [0, 0.05) is 8.95 Å². The Morgan fingerprint density at radius 1 is 1.23 bits per heavy atom. The fourth-order valence-electron chi connectivity index (χ4n) is 1.62. The molecule has 0 spiro atoms. The second-order valence-corrected chi connectivity index (χ2v) is 6.31. The van der Waals surface area contributed by atoms with Crippen LogP contribution in [0.4, 0.5) is 0 Å². The third-order valence-corrected chi connectivity index (χ3v) is 4.19. The van der Waals surface area contributed by atoms with Gasteiger partial charge in [-0.1, -0.05) is 44.0 Å². The van der Waals surface area contributed by atoms with Crippen LogP contribution in [0.3, 0.4) is 0 Å². The Kier molecular flexibility index (Phi) is 6.15. The number of carbonyl (C=O) groups is 1. The average molecular weight is 426 g/mol. The Morgan fingerprint density at radius 3 is 2.64 bits per heavy atom. The standard InChI is InChI=1S/C16H14Br2N2O2/c1-11-8-14(6-7-15(11)18)22-10-16(21)20-19-9-12-2-4-13(17)5-3-12/h2-9H,10H2,1H3,(H,20,21)/b19-9+. The second kappa shape index (κ2) is 8.10. The number of halogens is 2. The number of amides is 1. The molecule has 22 heavy (non-hydrogen) atoms. The molecule has 0 radical (unpaired) electrons. The minimum Gasteiger partial charge on any atom is -0.484 e. The van der Waals surface area contributed by atoms with Crippen LogP contribution < -0.4 is 10.2 Å². The Hall–Kier alpha value is -1.66. The van der Waals surface area contributed by atoms with E-state index in [1.54, 1.807) is 12.3 Å². The molecule has 0 saturated carbocycles. The molecule has 0 heterocycles. The molecule has 114 valence electrons. The maximum absolute atomic E-state index is 11.6. The Morgan fingerprint density at radius 2 is 1.95 bits per heavy atom. The first-order chi connectivity index (χ1) is 10.5. The van der Waals surface area contributed by atoms with Gasteiger partial charge in [0.15, 0.2) is 6.61 Å². The van der Waals surface area contributed by atoms with Crippen LogP contribution in [0, 0.1) is 6.92 Å². The lowest BCUT2D eigenvalue weighted by atomic mass is 10.2. The molecule has 0 aliphatic rings. The summed E-state index contributed by atoms with van der Waals surface area (Å²) in [7, 11) is 0. The molecule has 1 N–H and O–H groups in total. The van der Waals surface area contributed by atoms with E-state index in [1.807, 2.05) is 43.3 Å². The normalized spacial score (nSPS) is 10.7. The smallest absolute Gasteiger partial charge is 0.277 e. The number of nitrogens with one attached hydrogen (secondary N) is 1. The van der Waals surface area contributed by atoms with E-state index in [1.165, 1.54) is 0 Å². The second-order valence-electron chi connectivity index (χ2n) is 4.54. The molecule has 0 aromatic heterocycles. The average Bonchev–Trinajstić information content (AvgIpc) is 2.50. The van der Waals surface area contributed by atoms with Crippen LogP contribution >= 0.6 is 31.9 Å². The molecule has 0 atom stereocenters. The third kappa shape index (κ3) is 5.27. The van der Waals surface area contributed by atoms with Gasteiger partial charge < -0.3 is 4.74 Å². The maximum atomic E-state index is 11.6. The van der Waals surface area contributed by atoms with E-state index in [0.717, 1.165) is 20.1 Å². The number of hydrogen-bond donors (Lipinski definition) is 1. The molecule has 6 heteroatoms. The largest absolute Gasteiger partial charge is 0.484 e. The van der Waals surface area contributed by atoms with Crippen molar-refractivity contribution in [3.8, 4) is 5.75 Å². The number of aryl methyl sites for hydroxylation is 1. The highest BCUT2D eigenvalue weighted by molar-refractivity contribution is 9.10. The van der Waals surface area contributed by atoms with Gasteiger partial charge in [0.1, 0.15) is 5.75 Å². The fraction of sp³-hybridized carbons (Fsp3) is 0.125. The van der Waals surface area contributed by atoms with Crippen molar-refractivity contribution >= 4 is 44.0 Å². The molecular formula is C16H14Br2N2O2. The summed E-state index contributed by atoms with van der Waals surface area (Å²) in [6.07, 6.45) is 1.58. The monoisotopic (exact) mass is 424 g/mol. The lowest BCUT2D eigenvalue weighted by molar-refractivity contribution is -0.123. The number of ether oxygens (including phenoxy) is 1. The van der Waals surface area contributed by atoms with E-state index in [2.05, 4.69) is 42.4 Å². The van der Waals surface area contributed by atoms with E-state index in [-0.39, 0.29) is 12.5 Å². The molecule has 1 amide bonds. The Balaban J connectivity index is 1.80. The van der Waals surface area contributed by atoms with Gasteiger partial charge in [-0.05, 0) is 48.4 Å². The first-order valence-electron chi connectivity index (χ1n) is 6.51. The summed E-state index contributed by atoms with van der Waals surface area (Å²) in [5.74, 6) is 0.335. The van der Waals surface area contributed by atoms with Gasteiger partial charge in [-0.25, -0.2) is 5.43 Å². The quantitative estimate of drug-likeness (QED) is 0.580. The molecule has 4 nitrogen and oxygen atoms in total. The minimum absolute atomic E-state index is 0.0846. The van der Waals surface area contributed by atoms with Gasteiger partial charge in [0.05, 0.1) is 6.21 Å². The van der Waals surface area contributed by atoms with Crippen molar-refractivity contribution in [2.45, 2.75) is 6.92 Å². The fourth-order valence-corrected chi connectivity index (χ4v) is 2.13. The minimum atomic E-state index is -0.311. The highest BCUT2D eigenvalue weighted by Gasteiger charge is 2.03. The van der Waals surface area contributed by atoms with E-state index >= 15 is 0 Å². The first-order valence-corrected chi connectivity index (χ1v) is 8.09. The topological polar surface area (TPSA) is 50.7 Å². The molecule has 2 rings (SSSR count).